The number of benzene rings is 2. The second-order valence-corrected chi connectivity index (χ2v) is 11.1. The van der Waals surface area contributed by atoms with Gasteiger partial charge in [0.05, 0.1) is 23.8 Å². The molecule has 0 bridgehead atoms. The molecule has 1 saturated heterocycles. The van der Waals surface area contributed by atoms with Gasteiger partial charge in [0.15, 0.2) is 0 Å². The molecule has 1 aliphatic rings. The van der Waals surface area contributed by atoms with Crippen molar-refractivity contribution in [2.24, 2.45) is 5.92 Å². The van der Waals surface area contributed by atoms with Gasteiger partial charge < -0.3 is 11.1 Å². The molecule has 0 spiro atoms. The van der Waals surface area contributed by atoms with Gasteiger partial charge in [0, 0.05) is 12.5 Å². The Morgan fingerprint density at radius 1 is 1.06 bits per heavy atom. The second-order valence-electron chi connectivity index (χ2n) is 8.80. The number of anilines is 1. The number of nitrogens with two attached hydrogens (primary N) is 1. The second kappa shape index (κ2) is 10.3. The van der Waals surface area contributed by atoms with Crippen LogP contribution in [0.15, 0.2) is 79.0 Å². The largest absolute Gasteiger partial charge is 0.384 e. The number of hydrogen-bond acceptors (Lipinski definition) is 6. The van der Waals surface area contributed by atoms with Gasteiger partial charge in [-0.05, 0) is 41.7 Å². The Bertz CT molecular complexity index is 1260. The number of aromatic nitrogens is 1. The van der Waals surface area contributed by atoms with Crippen molar-refractivity contribution in [2.45, 2.75) is 24.9 Å². The van der Waals surface area contributed by atoms with Gasteiger partial charge in [0.25, 0.3) is 0 Å². The van der Waals surface area contributed by atoms with E-state index < -0.39 is 33.9 Å². The average Bonchev–Trinajstić information content (AvgIpc) is 2.84. The first kappa shape index (κ1) is 24.4. The van der Waals surface area contributed by atoms with E-state index in [1.807, 2.05) is 60.7 Å². The third kappa shape index (κ3) is 5.86. The molecule has 1 unspecified atom stereocenters. The number of sulfone groups is 1. The molecule has 1 aromatic heterocycles. The number of carbonyl (C=O) groups is 2. The average molecular weight is 493 g/mol. The van der Waals surface area contributed by atoms with E-state index in [0.717, 1.165) is 22.9 Å². The van der Waals surface area contributed by atoms with Crippen molar-refractivity contribution in [3.05, 3.63) is 95.7 Å². The first-order valence-electron chi connectivity index (χ1n) is 11.3. The van der Waals surface area contributed by atoms with Gasteiger partial charge in [0.1, 0.15) is 15.7 Å². The number of urea groups is 1. The minimum absolute atomic E-state index is 0.121. The number of nitrogens with one attached hydrogen (secondary N) is 1. The van der Waals surface area contributed by atoms with Gasteiger partial charge in [-0.1, -0.05) is 60.7 Å². The first-order chi connectivity index (χ1) is 16.7. The highest BCUT2D eigenvalue weighted by molar-refractivity contribution is 7.90. The summed E-state index contributed by atoms with van der Waals surface area (Å²) in [7, 11) is -3.27. The molecule has 2 aromatic carbocycles. The SMILES string of the molecule is CS(=O)(=O)CC[C@@H]1C(Cc2ccnc(N)c2)C(=O)N1C(=O)NC(c1ccccc1)c1ccccc1. The number of rotatable bonds is 8. The van der Waals surface area contributed by atoms with E-state index in [0.29, 0.717) is 12.2 Å². The summed E-state index contributed by atoms with van der Waals surface area (Å²) in [5, 5.41) is 2.99. The van der Waals surface area contributed by atoms with Crippen LogP contribution in [0.4, 0.5) is 10.6 Å². The van der Waals surface area contributed by atoms with Crippen molar-refractivity contribution >= 4 is 27.6 Å². The summed E-state index contributed by atoms with van der Waals surface area (Å²) in [4.78, 5) is 31.7. The maximum atomic E-state index is 13.4. The van der Waals surface area contributed by atoms with Crippen molar-refractivity contribution < 1.29 is 18.0 Å². The van der Waals surface area contributed by atoms with Gasteiger partial charge in [-0.15, -0.1) is 0 Å². The highest BCUT2D eigenvalue weighted by atomic mass is 32.2. The van der Waals surface area contributed by atoms with Gasteiger partial charge in [-0.25, -0.2) is 18.2 Å². The quantitative estimate of drug-likeness (QED) is 0.466. The molecule has 3 aromatic rings. The van der Waals surface area contributed by atoms with Gasteiger partial charge in [-0.2, -0.15) is 0 Å². The first-order valence-corrected chi connectivity index (χ1v) is 13.4. The van der Waals surface area contributed by atoms with E-state index in [1.54, 1.807) is 18.3 Å². The molecule has 35 heavy (non-hydrogen) atoms. The van der Waals surface area contributed by atoms with Crippen LogP contribution in [0, 0.1) is 5.92 Å². The Kier molecular flexibility index (Phi) is 7.16. The normalized spacial score (nSPS) is 17.8. The third-order valence-electron chi connectivity index (χ3n) is 6.19. The maximum absolute atomic E-state index is 13.4. The fraction of sp³-hybridized carbons (Fsp3) is 0.269. The Morgan fingerprint density at radius 3 is 2.20 bits per heavy atom. The number of carbonyl (C=O) groups excluding carboxylic acids is 2. The van der Waals surface area contributed by atoms with Crippen molar-refractivity contribution in [1.29, 1.82) is 0 Å². The molecule has 1 aliphatic heterocycles. The van der Waals surface area contributed by atoms with E-state index >= 15 is 0 Å². The highest BCUT2D eigenvalue weighted by Crippen LogP contribution is 2.34. The lowest BCUT2D eigenvalue weighted by Crippen LogP contribution is -2.66. The number of imide groups is 1. The molecule has 4 rings (SSSR count). The van der Waals surface area contributed by atoms with Crippen molar-refractivity contribution in [2.75, 3.05) is 17.7 Å². The summed E-state index contributed by atoms with van der Waals surface area (Å²) >= 11 is 0. The standard InChI is InChI=1S/C26H28N4O4S/c1-35(33,34)15-13-22-21(16-18-12-14-28-23(27)17-18)25(31)30(22)26(32)29-24(19-8-4-2-5-9-19)20-10-6-3-7-11-20/h2-12,14,17,21-22,24H,13,15-16H2,1H3,(H2,27,28)(H,29,32)/t21?,22-/m1/s1. The van der Waals surface area contributed by atoms with Gasteiger partial charge in [-0.3, -0.25) is 9.69 Å². The van der Waals surface area contributed by atoms with Crippen molar-refractivity contribution in [3.8, 4) is 0 Å². The zero-order valence-electron chi connectivity index (χ0n) is 19.4. The number of likely N-dealkylation sites (tertiary alicyclic amines) is 1. The van der Waals surface area contributed by atoms with Crippen molar-refractivity contribution in [3.63, 3.8) is 0 Å². The fourth-order valence-electron chi connectivity index (χ4n) is 4.46. The van der Waals surface area contributed by atoms with E-state index in [4.69, 9.17) is 5.73 Å². The molecule has 0 saturated carbocycles. The van der Waals surface area contributed by atoms with Crippen LogP contribution in [0.25, 0.3) is 0 Å². The smallest absolute Gasteiger partial charge is 0.325 e. The number of amides is 3. The van der Waals surface area contributed by atoms with E-state index in [-0.39, 0.29) is 18.1 Å². The Morgan fingerprint density at radius 2 is 1.66 bits per heavy atom. The molecule has 1 fully saturated rings. The lowest BCUT2D eigenvalue weighted by Gasteiger charge is -2.46. The maximum Gasteiger partial charge on any atom is 0.325 e. The lowest BCUT2D eigenvalue weighted by molar-refractivity contribution is -0.150. The molecule has 182 valence electrons. The summed E-state index contributed by atoms with van der Waals surface area (Å²) in [6, 6.07) is 20.9. The summed E-state index contributed by atoms with van der Waals surface area (Å²) in [6.07, 6.45) is 3.24. The van der Waals surface area contributed by atoms with Crippen LogP contribution in [0.3, 0.4) is 0 Å². The summed E-state index contributed by atoms with van der Waals surface area (Å²) < 4.78 is 23.7. The molecule has 9 heteroatoms. The predicted molar refractivity (Wildman–Crippen MR) is 134 cm³/mol. The minimum Gasteiger partial charge on any atom is -0.384 e. The summed E-state index contributed by atoms with van der Waals surface area (Å²) in [5.41, 5.74) is 8.33. The van der Waals surface area contributed by atoms with Crippen molar-refractivity contribution in [1.82, 2.24) is 15.2 Å². The molecule has 0 aliphatic carbocycles. The lowest BCUT2D eigenvalue weighted by atomic mass is 9.81. The molecular formula is C26H28N4O4S. The Labute approximate surface area is 205 Å². The van der Waals surface area contributed by atoms with Crippen LogP contribution in [0.2, 0.25) is 0 Å². The van der Waals surface area contributed by atoms with E-state index in [1.165, 1.54) is 4.90 Å². The molecule has 3 N–H and O–H groups in total. The van der Waals surface area contributed by atoms with Crippen LogP contribution in [0.1, 0.15) is 29.2 Å². The fourth-order valence-corrected chi connectivity index (χ4v) is 5.13. The summed E-state index contributed by atoms with van der Waals surface area (Å²) in [5.74, 6) is -0.637. The molecule has 3 amide bonds. The monoisotopic (exact) mass is 492 g/mol. The predicted octanol–water partition coefficient (Wildman–Crippen LogP) is 2.97. The zero-order chi connectivity index (χ0) is 25.0. The number of nitrogen functional groups attached to an aromatic ring is 1. The number of hydrogen-bond donors (Lipinski definition) is 2. The molecular weight excluding hydrogens is 464 g/mol. The van der Waals surface area contributed by atoms with Gasteiger partial charge in [0.2, 0.25) is 5.91 Å². The highest BCUT2D eigenvalue weighted by Gasteiger charge is 2.50. The topological polar surface area (TPSA) is 122 Å². The number of β-lactam (4-membered cyclic amide) rings is 1. The van der Waals surface area contributed by atoms with Crippen LogP contribution < -0.4 is 11.1 Å². The Balaban J connectivity index is 1.57. The molecule has 8 nitrogen and oxygen atoms in total. The van der Waals surface area contributed by atoms with Gasteiger partial charge >= 0.3 is 6.03 Å². The molecule has 2 atom stereocenters. The van der Waals surface area contributed by atoms with E-state index in [2.05, 4.69) is 10.3 Å². The van der Waals surface area contributed by atoms with E-state index in [9.17, 15) is 18.0 Å². The number of nitrogens with zero attached hydrogens (tertiary/aromatic N) is 2. The summed E-state index contributed by atoms with van der Waals surface area (Å²) in [6.45, 7) is 0. The van der Waals surface area contributed by atoms with Crippen LogP contribution in [0.5, 0.6) is 0 Å². The number of pyridine rings is 1. The minimum atomic E-state index is -3.27. The molecule has 2 heterocycles. The Hall–Kier alpha value is -3.72. The van der Waals surface area contributed by atoms with Crippen LogP contribution in [-0.2, 0) is 21.1 Å². The van der Waals surface area contributed by atoms with Crippen LogP contribution in [-0.4, -0.2) is 48.3 Å². The molecule has 0 radical (unpaired) electrons. The van der Waals surface area contributed by atoms with Crippen LogP contribution >= 0.6 is 0 Å². The third-order valence-corrected chi connectivity index (χ3v) is 7.17. The zero-order valence-corrected chi connectivity index (χ0v) is 20.2.